The molecule has 1 heterocycles. The zero-order valence-corrected chi connectivity index (χ0v) is 14.0. The van der Waals surface area contributed by atoms with Crippen LogP contribution in [0.1, 0.15) is 47.7 Å². The van der Waals surface area contributed by atoms with Gasteiger partial charge in [0, 0.05) is 13.0 Å². The molecule has 23 heavy (non-hydrogen) atoms. The summed E-state index contributed by atoms with van der Waals surface area (Å²) < 4.78 is 29.1. The fraction of sp³-hybridized carbons (Fsp3) is 0.714. The van der Waals surface area contributed by atoms with Crippen LogP contribution in [0.5, 0.6) is 0 Å². The van der Waals surface area contributed by atoms with Crippen molar-refractivity contribution in [2.45, 2.75) is 37.7 Å². The fourth-order valence-electron chi connectivity index (χ4n) is 4.21. The van der Waals surface area contributed by atoms with E-state index >= 15 is 0 Å². The Kier molecular flexibility index (Phi) is 3.88. The third kappa shape index (κ3) is 3.07. The molecule has 0 aromatic carbocycles. The van der Waals surface area contributed by atoms with Crippen molar-refractivity contribution in [2.75, 3.05) is 12.0 Å². The van der Waals surface area contributed by atoms with Crippen molar-refractivity contribution < 1.29 is 17.4 Å². The number of nitrogens with zero attached hydrogens (tertiary/aromatic N) is 2. The number of hydrogen-bond donors (Lipinski definition) is 2. The maximum atomic E-state index is 11.7. The molecule has 128 valence electrons. The Labute approximate surface area is 135 Å². The van der Waals surface area contributed by atoms with Crippen LogP contribution in [0.3, 0.4) is 0 Å². The highest BCUT2D eigenvalue weighted by Gasteiger charge is 2.45. The number of nitrogen functional groups attached to an aromatic ring is 1. The predicted octanol–water partition coefficient (Wildman–Crippen LogP) is 0.350. The number of carbonyl (C=O) groups excluding carboxylic acids is 1. The minimum absolute atomic E-state index is 0.134. The molecule has 2 aliphatic carbocycles. The van der Waals surface area contributed by atoms with Crippen LogP contribution < -0.4 is 11.5 Å². The Morgan fingerprint density at radius 3 is 2.30 bits per heavy atom. The topological polar surface area (TPSA) is 130 Å². The molecule has 0 saturated heterocycles. The Balaban J connectivity index is 1.74. The second kappa shape index (κ2) is 5.48. The number of nitrogens with two attached hydrogens (primary N) is 2. The van der Waals surface area contributed by atoms with E-state index in [2.05, 4.69) is 5.10 Å². The van der Waals surface area contributed by atoms with Gasteiger partial charge in [0.25, 0.3) is 16.0 Å². The number of rotatable bonds is 4. The van der Waals surface area contributed by atoms with Crippen molar-refractivity contribution in [3.63, 3.8) is 0 Å². The molecule has 4 N–H and O–H groups in total. The molecule has 2 fully saturated rings. The Hall–Kier alpha value is -1.61. The van der Waals surface area contributed by atoms with Gasteiger partial charge in [0.1, 0.15) is 11.4 Å². The third-order valence-electron chi connectivity index (χ3n) is 5.04. The summed E-state index contributed by atoms with van der Waals surface area (Å²) in [5, 5.41) is 4.38. The number of primary amides is 1. The maximum Gasteiger partial charge on any atom is 0.264 e. The summed E-state index contributed by atoms with van der Waals surface area (Å²) in [6.45, 7) is 0. The van der Waals surface area contributed by atoms with Crippen LogP contribution in [0.25, 0.3) is 0 Å². The molecule has 0 spiro atoms. The van der Waals surface area contributed by atoms with Gasteiger partial charge in [-0.05, 0) is 37.5 Å². The average molecular weight is 342 g/mol. The quantitative estimate of drug-likeness (QED) is 0.759. The van der Waals surface area contributed by atoms with Gasteiger partial charge in [0.2, 0.25) is 0 Å². The van der Waals surface area contributed by atoms with E-state index in [9.17, 15) is 13.2 Å². The molecule has 1 amide bonds. The third-order valence-corrected chi connectivity index (χ3v) is 5.66. The number of carbonyl (C=O) groups is 1. The average Bonchev–Trinajstić information content (AvgIpc) is 3.00. The first kappa shape index (κ1) is 16.3. The molecule has 2 saturated carbocycles. The number of amides is 1. The summed E-state index contributed by atoms with van der Waals surface area (Å²) in [6, 6.07) is 0. The second-order valence-corrected chi connectivity index (χ2v) is 8.32. The molecule has 0 bridgehead atoms. The summed E-state index contributed by atoms with van der Waals surface area (Å²) >= 11 is 0. The highest BCUT2D eigenvalue weighted by atomic mass is 32.2. The Morgan fingerprint density at radius 2 is 1.83 bits per heavy atom. The largest absolute Gasteiger partial charge is 0.383 e. The van der Waals surface area contributed by atoms with E-state index in [1.807, 2.05) is 0 Å². The van der Waals surface area contributed by atoms with Gasteiger partial charge in [-0.1, -0.05) is 0 Å². The molecule has 1 aromatic rings. The van der Waals surface area contributed by atoms with Crippen LogP contribution in [-0.4, -0.2) is 36.5 Å². The Bertz CT molecular complexity index is 728. The number of hydrogen-bond acceptors (Lipinski definition) is 6. The van der Waals surface area contributed by atoms with Crippen LogP contribution in [0.2, 0.25) is 0 Å². The monoisotopic (exact) mass is 342 g/mol. The van der Waals surface area contributed by atoms with Gasteiger partial charge in [-0.2, -0.15) is 13.5 Å². The lowest BCUT2D eigenvalue weighted by Crippen LogP contribution is -2.17. The van der Waals surface area contributed by atoms with Crippen LogP contribution >= 0.6 is 0 Å². The molecule has 2 unspecified atom stereocenters. The van der Waals surface area contributed by atoms with Crippen molar-refractivity contribution in [3.05, 3.63) is 11.3 Å². The molecular formula is C14H22N4O4S. The van der Waals surface area contributed by atoms with Crippen molar-refractivity contribution >= 4 is 21.8 Å². The van der Waals surface area contributed by atoms with Gasteiger partial charge < -0.3 is 11.5 Å². The number of fused-ring (bicyclic) bond motifs is 1. The highest BCUT2D eigenvalue weighted by Crippen LogP contribution is 2.51. The number of anilines is 1. The van der Waals surface area contributed by atoms with Crippen molar-refractivity contribution in [3.8, 4) is 0 Å². The summed E-state index contributed by atoms with van der Waals surface area (Å²) in [6.07, 6.45) is 4.01. The highest BCUT2D eigenvalue weighted by molar-refractivity contribution is 7.86. The van der Waals surface area contributed by atoms with E-state index in [1.165, 1.54) is 4.68 Å². The number of aryl methyl sites for hydroxylation is 1. The van der Waals surface area contributed by atoms with E-state index < -0.39 is 16.0 Å². The zero-order valence-electron chi connectivity index (χ0n) is 13.2. The molecule has 0 radical (unpaired) electrons. The van der Waals surface area contributed by atoms with Crippen molar-refractivity contribution in [2.24, 2.45) is 24.6 Å². The first-order valence-electron chi connectivity index (χ1n) is 7.66. The standard InChI is InChI=1S/C14H22N4O4S/c1-18-13(15)11(14(16)19)12(17-18)9-3-7-5-10(6-8(7)4-9)22-23(2,20)21/h7-10H,3-6,15H2,1-2H3,(H2,16,19). The summed E-state index contributed by atoms with van der Waals surface area (Å²) in [5.74, 6) is 0.644. The molecular weight excluding hydrogens is 320 g/mol. The SMILES string of the molecule is Cn1nc(C2CC3CC(OS(C)(=O)=O)CC3C2)c(C(N)=O)c1N. The molecule has 8 nitrogen and oxygen atoms in total. The normalized spacial score (nSPS) is 30.5. The van der Waals surface area contributed by atoms with E-state index in [1.54, 1.807) is 7.05 Å². The maximum absolute atomic E-state index is 11.7. The minimum atomic E-state index is -3.42. The van der Waals surface area contributed by atoms with Crippen LogP contribution in [-0.2, 0) is 21.3 Å². The van der Waals surface area contributed by atoms with E-state index in [4.69, 9.17) is 15.7 Å². The first-order valence-corrected chi connectivity index (χ1v) is 9.47. The van der Waals surface area contributed by atoms with E-state index in [0.29, 0.717) is 28.9 Å². The summed E-state index contributed by atoms with van der Waals surface area (Å²) in [5.41, 5.74) is 12.3. The molecule has 1 aromatic heterocycles. The lowest BCUT2D eigenvalue weighted by atomic mass is 9.96. The smallest absolute Gasteiger partial charge is 0.264 e. The van der Waals surface area contributed by atoms with Gasteiger partial charge in [0.15, 0.2) is 0 Å². The van der Waals surface area contributed by atoms with E-state index in [0.717, 1.165) is 31.9 Å². The summed E-state index contributed by atoms with van der Waals surface area (Å²) in [7, 11) is -1.73. The lowest BCUT2D eigenvalue weighted by Gasteiger charge is -2.14. The van der Waals surface area contributed by atoms with Gasteiger partial charge in [0.05, 0.1) is 18.1 Å². The number of aromatic nitrogens is 2. The molecule has 2 aliphatic rings. The van der Waals surface area contributed by atoms with Crippen molar-refractivity contribution in [1.82, 2.24) is 9.78 Å². The van der Waals surface area contributed by atoms with Crippen LogP contribution in [0.15, 0.2) is 0 Å². The predicted molar refractivity (Wildman–Crippen MR) is 84.0 cm³/mol. The van der Waals surface area contributed by atoms with Gasteiger partial charge >= 0.3 is 0 Å². The van der Waals surface area contributed by atoms with Crippen LogP contribution in [0, 0.1) is 11.8 Å². The molecule has 2 atom stereocenters. The van der Waals surface area contributed by atoms with Gasteiger partial charge in [-0.15, -0.1) is 0 Å². The summed E-state index contributed by atoms with van der Waals surface area (Å²) in [4.78, 5) is 11.7. The molecule has 0 aliphatic heterocycles. The fourth-order valence-corrected chi connectivity index (χ4v) is 4.86. The second-order valence-electron chi connectivity index (χ2n) is 6.72. The first-order chi connectivity index (χ1) is 10.7. The lowest BCUT2D eigenvalue weighted by molar-refractivity contribution is 0.0999. The van der Waals surface area contributed by atoms with Crippen molar-refractivity contribution in [1.29, 1.82) is 0 Å². The minimum Gasteiger partial charge on any atom is -0.383 e. The molecule has 3 rings (SSSR count). The van der Waals surface area contributed by atoms with Gasteiger partial charge in [-0.3, -0.25) is 13.7 Å². The molecule has 9 heteroatoms. The van der Waals surface area contributed by atoms with E-state index in [-0.39, 0.29) is 12.0 Å². The van der Waals surface area contributed by atoms with Crippen LogP contribution in [0.4, 0.5) is 5.82 Å². The zero-order chi connectivity index (χ0) is 16.9. The van der Waals surface area contributed by atoms with Gasteiger partial charge in [-0.25, -0.2) is 0 Å². The Morgan fingerprint density at radius 1 is 1.26 bits per heavy atom.